The Morgan fingerprint density at radius 3 is 2.53 bits per heavy atom. The Morgan fingerprint density at radius 1 is 1.41 bits per heavy atom. The first-order chi connectivity index (χ1) is 8.13. The molecular weight excluding hydrogens is 220 g/mol. The minimum atomic E-state index is -1.14. The fourth-order valence-electron chi connectivity index (χ4n) is 1.37. The number of primary amides is 1. The maximum absolute atomic E-state index is 10.6. The summed E-state index contributed by atoms with van der Waals surface area (Å²) >= 11 is 0. The van der Waals surface area contributed by atoms with Crippen molar-refractivity contribution in [1.29, 1.82) is 0 Å². The molecule has 0 spiro atoms. The number of nitrogens with two attached hydrogens (primary N) is 1. The average molecular weight is 238 g/mol. The van der Waals surface area contributed by atoms with E-state index in [-0.39, 0.29) is 6.54 Å². The average Bonchev–Trinajstić information content (AvgIpc) is 2.31. The lowest BCUT2D eigenvalue weighted by atomic mass is 10.1. The van der Waals surface area contributed by atoms with Crippen molar-refractivity contribution in [3.63, 3.8) is 0 Å². The van der Waals surface area contributed by atoms with E-state index in [1.165, 1.54) is 0 Å². The van der Waals surface area contributed by atoms with Crippen molar-refractivity contribution in [3.05, 3.63) is 35.4 Å². The zero-order chi connectivity index (χ0) is 12.7. The third-order valence-corrected chi connectivity index (χ3v) is 2.33. The van der Waals surface area contributed by atoms with E-state index in [4.69, 9.17) is 15.6 Å². The molecule has 17 heavy (non-hydrogen) atoms. The topological polar surface area (TPSA) is 84.6 Å². The van der Waals surface area contributed by atoms with Crippen LogP contribution < -0.4 is 11.1 Å². The lowest BCUT2D eigenvalue weighted by molar-refractivity contribution is -0.125. The summed E-state index contributed by atoms with van der Waals surface area (Å²) in [5, 5.41) is 12.1. The largest absolute Gasteiger partial charge is 0.382 e. The van der Waals surface area contributed by atoms with Gasteiger partial charge in [-0.3, -0.25) is 4.79 Å². The highest BCUT2D eigenvalue weighted by Crippen LogP contribution is 2.05. The van der Waals surface area contributed by atoms with Gasteiger partial charge in [-0.2, -0.15) is 0 Å². The molecule has 0 saturated carbocycles. The second kappa shape index (κ2) is 7.01. The van der Waals surface area contributed by atoms with Gasteiger partial charge < -0.3 is 20.9 Å². The molecule has 5 heteroatoms. The van der Waals surface area contributed by atoms with E-state index in [0.717, 1.165) is 11.1 Å². The summed E-state index contributed by atoms with van der Waals surface area (Å²) in [5.41, 5.74) is 7.10. The number of aliphatic hydroxyl groups excluding tert-OH is 1. The van der Waals surface area contributed by atoms with Crippen molar-refractivity contribution in [2.75, 3.05) is 13.7 Å². The number of carbonyl (C=O) groups excluding carboxylic acids is 1. The van der Waals surface area contributed by atoms with Crippen LogP contribution in [0.5, 0.6) is 0 Å². The summed E-state index contributed by atoms with van der Waals surface area (Å²) in [6.45, 7) is 1.33. The Bertz CT molecular complexity index is 351. The highest BCUT2D eigenvalue weighted by Gasteiger charge is 2.09. The number of carbonyl (C=O) groups is 1. The predicted molar refractivity (Wildman–Crippen MR) is 64.1 cm³/mol. The number of benzene rings is 1. The van der Waals surface area contributed by atoms with E-state index in [1.807, 2.05) is 24.3 Å². The first-order valence-corrected chi connectivity index (χ1v) is 5.38. The summed E-state index contributed by atoms with van der Waals surface area (Å²) in [6.07, 6.45) is -1.14. The normalized spacial score (nSPS) is 12.4. The lowest BCUT2D eigenvalue weighted by Gasteiger charge is -2.08. The van der Waals surface area contributed by atoms with Crippen LogP contribution in [-0.4, -0.2) is 30.8 Å². The maximum Gasteiger partial charge on any atom is 0.247 e. The van der Waals surface area contributed by atoms with Gasteiger partial charge in [-0.1, -0.05) is 24.3 Å². The molecule has 0 aromatic heterocycles. The van der Waals surface area contributed by atoms with Gasteiger partial charge in [-0.25, -0.2) is 0 Å². The van der Waals surface area contributed by atoms with Crippen molar-refractivity contribution < 1.29 is 14.6 Å². The zero-order valence-corrected chi connectivity index (χ0v) is 9.85. The van der Waals surface area contributed by atoms with Crippen LogP contribution in [0.2, 0.25) is 0 Å². The molecule has 94 valence electrons. The van der Waals surface area contributed by atoms with Gasteiger partial charge in [0.2, 0.25) is 5.91 Å². The van der Waals surface area contributed by atoms with Crippen LogP contribution in [0.3, 0.4) is 0 Å². The molecule has 1 amide bonds. The summed E-state index contributed by atoms with van der Waals surface area (Å²) in [7, 11) is 1.65. The van der Waals surface area contributed by atoms with Gasteiger partial charge >= 0.3 is 0 Å². The minimum absolute atomic E-state index is 0.162. The van der Waals surface area contributed by atoms with E-state index in [2.05, 4.69) is 5.32 Å². The second-order valence-electron chi connectivity index (χ2n) is 3.80. The summed E-state index contributed by atoms with van der Waals surface area (Å²) < 4.78 is 5.01. The molecule has 0 heterocycles. The van der Waals surface area contributed by atoms with E-state index >= 15 is 0 Å². The number of amides is 1. The number of hydrogen-bond donors (Lipinski definition) is 3. The number of methoxy groups -OCH3 is 1. The third-order valence-electron chi connectivity index (χ3n) is 2.33. The molecule has 4 N–H and O–H groups in total. The molecular formula is C12H18N2O3. The smallest absolute Gasteiger partial charge is 0.247 e. The quantitative estimate of drug-likeness (QED) is 0.612. The van der Waals surface area contributed by atoms with Crippen LogP contribution in [-0.2, 0) is 22.7 Å². The standard InChI is InChI=1S/C12H18N2O3/c1-17-8-10-4-2-9(3-5-10)6-14-7-11(15)12(13)16/h2-5,11,14-15H,6-8H2,1H3,(H2,13,16). The van der Waals surface area contributed by atoms with Crippen LogP contribution >= 0.6 is 0 Å². The Balaban J connectivity index is 2.34. The van der Waals surface area contributed by atoms with E-state index < -0.39 is 12.0 Å². The van der Waals surface area contributed by atoms with Crippen LogP contribution in [0.4, 0.5) is 0 Å². The lowest BCUT2D eigenvalue weighted by Crippen LogP contribution is -2.37. The summed E-state index contributed by atoms with van der Waals surface area (Å²) in [5.74, 6) is -0.715. The fraction of sp³-hybridized carbons (Fsp3) is 0.417. The third kappa shape index (κ3) is 4.95. The van der Waals surface area contributed by atoms with Gasteiger partial charge in [0.25, 0.3) is 0 Å². The monoisotopic (exact) mass is 238 g/mol. The van der Waals surface area contributed by atoms with Gasteiger partial charge in [-0.05, 0) is 11.1 Å². The Labute approximate surface area is 101 Å². The molecule has 0 fully saturated rings. The molecule has 1 rings (SSSR count). The highest BCUT2D eigenvalue weighted by atomic mass is 16.5. The zero-order valence-electron chi connectivity index (χ0n) is 9.85. The van der Waals surface area contributed by atoms with Crippen molar-refractivity contribution in [2.45, 2.75) is 19.3 Å². The number of hydrogen-bond acceptors (Lipinski definition) is 4. The molecule has 1 aromatic rings. The van der Waals surface area contributed by atoms with Crippen molar-refractivity contribution in [2.24, 2.45) is 5.73 Å². The number of ether oxygens (including phenoxy) is 1. The number of rotatable bonds is 7. The molecule has 0 saturated heterocycles. The summed E-state index contributed by atoms with van der Waals surface area (Å²) in [6, 6.07) is 7.89. The molecule has 0 radical (unpaired) electrons. The van der Waals surface area contributed by atoms with E-state index in [0.29, 0.717) is 13.2 Å². The predicted octanol–water partition coefficient (Wildman–Crippen LogP) is -0.231. The van der Waals surface area contributed by atoms with Crippen molar-refractivity contribution in [3.8, 4) is 0 Å². The highest BCUT2D eigenvalue weighted by molar-refractivity contribution is 5.78. The van der Waals surface area contributed by atoms with E-state index in [9.17, 15) is 4.79 Å². The van der Waals surface area contributed by atoms with Crippen LogP contribution in [0.25, 0.3) is 0 Å². The van der Waals surface area contributed by atoms with Gasteiger partial charge in [-0.15, -0.1) is 0 Å². The molecule has 1 unspecified atom stereocenters. The SMILES string of the molecule is COCc1ccc(CNCC(O)C(N)=O)cc1. The van der Waals surface area contributed by atoms with Gasteiger partial charge in [0.1, 0.15) is 6.10 Å². The van der Waals surface area contributed by atoms with Crippen LogP contribution in [0, 0.1) is 0 Å². The molecule has 0 bridgehead atoms. The molecule has 0 aliphatic rings. The Hall–Kier alpha value is -1.43. The fourth-order valence-corrected chi connectivity index (χ4v) is 1.37. The van der Waals surface area contributed by atoms with Crippen molar-refractivity contribution in [1.82, 2.24) is 5.32 Å². The molecule has 0 aliphatic carbocycles. The molecule has 0 aliphatic heterocycles. The molecule has 1 aromatic carbocycles. The Morgan fingerprint density at radius 2 is 2.00 bits per heavy atom. The number of aliphatic hydroxyl groups is 1. The first kappa shape index (κ1) is 13.6. The van der Waals surface area contributed by atoms with Gasteiger partial charge in [0.15, 0.2) is 0 Å². The van der Waals surface area contributed by atoms with Crippen molar-refractivity contribution >= 4 is 5.91 Å². The maximum atomic E-state index is 10.6. The minimum Gasteiger partial charge on any atom is -0.382 e. The van der Waals surface area contributed by atoms with Crippen LogP contribution in [0.15, 0.2) is 24.3 Å². The second-order valence-corrected chi connectivity index (χ2v) is 3.80. The summed E-state index contributed by atoms with van der Waals surface area (Å²) in [4.78, 5) is 10.6. The molecule has 1 atom stereocenters. The van der Waals surface area contributed by atoms with Gasteiger partial charge in [0.05, 0.1) is 6.61 Å². The first-order valence-electron chi connectivity index (χ1n) is 5.38. The molecule has 5 nitrogen and oxygen atoms in total. The Kier molecular flexibility index (Phi) is 5.62. The number of nitrogens with one attached hydrogen (secondary N) is 1. The van der Waals surface area contributed by atoms with Gasteiger partial charge in [0, 0.05) is 20.2 Å². The van der Waals surface area contributed by atoms with E-state index in [1.54, 1.807) is 7.11 Å². The van der Waals surface area contributed by atoms with Crippen LogP contribution in [0.1, 0.15) is 11.1 Å².